The van der Waals surface area contributed by atoms with Gasteiger partial charge in [-0.25, -0.2) is 0 Å². The van der Waals surface area contributed by atoms with Gasteiger partial charge in [0.05, 0.1) is 0 Å². The largest absolute Gasteiger partial charge is 0.508 e. The summed E-state index contributed by atoms with van der Waals surface area (Å²) in [6.45, 7) is 14.2. The van der Waals surface area contributed by atoms with Crippen LogP contribution in [0.4, 0.5) is 0 Å². The Balaban J connectivity index is 2.50. The molecule has 2 aromatic carbocycles. The number of benzene rings is 2. The SMILES string of the molecule is CCCc1c(C=CC(=O)c2ccc(O)cc2)cc(OC(C)(C)C)cc1OC(C)(C)C. The van der Waals surface area contributed by atoms with Crippen molar-refractivity contribution in [3.05, 3.63) is 59.2 Å². The van der Waals surface area contributed by atoms with Crippen molar-refractivity contribution in [1.29, 1.82) is 0 Å². The van der Waals surface area contributed by atoms with E-state index < -0.39 is 0 Å². The highest BCUT2D eigenvalue weighted by Gasteiger charge is 2.20. The van der Waals surface area contributed by atoms with Crippen LogP contribution >= 0.6 is 0 Å². The highest BCUT2D eigenvalue weighted by Crippen LogP contribution is 2.34. The lowest BCUT2D eigenvalue weighted by Gasteiger charge is -2.27. The third-order valence-electron chi connectivity index (χ3n) is 4.12. The number of ketones is 1. The first kappa shape index (κ1) is 23.5. The van der Waals surface area contributed by atoms with Crippen molar-refractivity contribution in [2.45, 2.75) is 72.5 Å². The molecule has 0 atom stereocenters. The van der Waals surface area contributed by atoms with Gasteiger partial charge in [-0.05, 0) is 89.9 Å². The minimum atomic E-state index is -0.355. The van der Waals surface area contributed by atoms with Crippen LogP contribution in [0.5, 0.6) is 17.2 Å². The fourth-order valence-electron chi connectivity index (χ4n) is 3.03. The number of carbonyl (C=O) groups is 1. The molecular weight excluding hydrogens is 376 g/mol. The smallest absolute Gasteiger partial charge is 0.185 e. The normalized spacial score (nSPS) is 12.2. The van der Waals surface area contributed by atoms with Gasteiger partial charge in [-0.15, -0.1) is 0 Å². The summed E-state index contributed by atoms with van der Waals surface area (Å²) in [5.74, 6) is 1.50. The summed E-state index contributed by atoms with van der Waals surface area (Å²) in [5.41, 5.74) is 1.78. The molecule has 0 fully saturated rings. The molecule has 0 saturated heterocycles. The van der Waals surface area contributed by atoms with Gasteiger partial charge in [-0.1, -0.05) is 19.4 Å². The first-order valence-corrected chi connectivity index (χ1v) is 10.4. The molecule has 0 unspecified atom stereocenters. The summed E-state index contributed by atoms with van der Waals surface area (Å²) in [6, 6.07) is 10.2. The van der Waals surface area contributed by atoms with Gasteiger partial charge in [-0.3, -0.25) is 4.79 Å². The molecule has 0 aliphatic carbocycles. The molecule has 2 aromatic rings. The summed E-state index contributed by atoms with van der Waals surface area (Å²) in [5, 5.41) is 9.43. The number of aromatic hydroxyl groups is 1. The van der Waals surface area contributed by atoms with Crippen molar-refractivity contribution in [3.63, 3.8) is 0 Å². The van der Waals surface area contributed by atoms with Gasteiger partial charge in [-0.2, -0.15) is 0 Å². The molecule has 0 saturated carbocycles. The van der Waals surface area contributed by atoms with E-state index in [4.69, 9.17) is 9.47 Å². The maximum atomic E-state index is 12.6. The second kappa shape index (κ2) is 9.38. The van der Waals surface area contributed by atoms with Crippen LogP contribution in [-0.4, -0.2) is 22.1 Å². The molecule has 0 aliphatic heterocycles. The zero-order valence-corrected chi connectivity index (χ0v) is 19.2. The molecule has 2 rings (SSSR count). The maximum Gasteiger partial charge on any atom is 0.185 e. The van der Waals surface area contributed by atoms with E-state index in [1.165, 1.54) is 12.1 Å². The van der Waals surface area contributed by atoms with Crippen LogP contribution < -0.4 is 9.47 Å². The fourth-order valence-corrected chi connectivity index (χ4v) is 3.03. The van der Waals surface area contributed by atoms with Crippen LogP contribution in [0.2, 0.25) is 0 Å². The van der Waals surface area contributed by atoms with E-state index in [1.54, 1.807) is 18.2 Å². The van der Waals surface area contributed by atoms with Crippen LogP contribution in [0, 0.1) is 0 Å². The zero-order chi connectivity index (χ0) is 22.5. The lowest BCUT2D eigenvalue weighted by Crippen LogP contribution is -2.25. The first-order valence-electron chi connectivity index (χ1n) is 10.4. The van der Waals surface area contributed by atoms with Gasteiger partial charge >= 0.3 is 0 Å². The van der Waals surface area contributed by atoms with Crippen molar-refractivity contribution in [2.24, 2.45) is 0 Å². The monoisotopic (exact) mass is 410 g/mol. The summed E-state index contributed by atoms with van der Waals surface area (Å²) < 4.78 is 12.4. The molecule has 162 valence electrons. The summed E-state index contributed by atoms with van der Waals surface area (Å²) in [6.07, 6.45) is 5.16. The first-order chi connectivity index (χ1) is 13.9. The predicted molar refractivity (Wildman–Crippen MR) is 123 cm³/mol. The summed E-state index contributed by atoms with van der Waals surface area (Å²) >= 11 is 0. The Morgan fingerprint density at radius 1 is 0.967 bits per heavy atom. The molecule has 0 aromatic heterocycles. The lowest BCUT2D eigenvalue weighted by molar-refractivity contribution is 0.104. The molecule has 0 spiro atoms. The Bertz CT molecular complexity index is 894. The van der Waals surface area contributed by atoms with Gasteiger partial charge < -0.3 is 14.6 Å². The third kappa shape index (κ3) is 7.25. The molecule has 30 heavy (non-hydrogen) atoms. The van der Waals surface area contributed by atoms with Crippen LogP contribution in [-0.2, 0) is 6.42 Å². The average Bonchev–Trinajstić information content (AvgIpc) is 2.60. The van der Waals surface area contributed by atoms with Crippen LogP contribution in [0.3, 0.4) is 0 Å². The number of allylic oxidation sites excluding steroid dienone is 1. The molecule has 1 N–H and O–H groups in total. The lowest BCUT2D eigenvalue weighted by atomic mass is 9.99. The Labute approximate surface area is 180 Å². The van der Waals surface area contributed by atoms with E-state index in [-0.39, 0.29) is 22.7 Å². The summed E-state index contributed by atoms with van der Waals surface area (Å²) in [7, 11) is 0. The van der Waals surface area contributed by atoms with Crippen molar-refractivity contribution in [3.8, 4) is 17.2 Å². The van der Waals surface area contributed by atoms with Gasteiger partial charge in [0.1, 0.15) is 28.5 Å². The maximum absolute atomic E-state index is 12.6. The number of hydrogen-bond acceptors (Lipinski definition) is 4. The van der Waals surface area contributed by atoms with Crippen molar-refractivity contribution in [1.82, 2.24) is 0 Å². The Kier molecular flexibility index (Phi) is 7.35. The van der Waals surface area contributed by atoms with E-state index in [9.17, 15) is 9.90 Å². The fraction of sp³-hybridized carbons (Fsp3) is 0.423. The summed E-state index contributed by atoms with van der Waals surface area (Å²) in [4.78, 5) is 12.6. The van der Waals surface area contributed by atoms with Crippen molar-refractivity contribution < 1.29 is 19.4 Å². The molecule has 4 nitrogen and oxygen atoms in total. The highest BCUT2D eigenvalue weighted by atomic mass is 16.5. The number of hydrogen-bond donors (Lipinski definition) is 1. The second-order valence-corrected chi connectivity index (χ2v) is 9.41. The Morgan fingerprint density at radius 2 is 1.57 bits per heavy atom. The quantitative estimate of drug-likeness (QED) is 0.413. The van der Waals surface area contributed by atoms with Crippen LogP contribution in [0.1, 0.15) is 76.4 Å². The van der Waals surface area contributed by atoms with E-state index in [1.807, 2.05) is 59.8 Å². The Morgan fingerprint density at radius 3 is 2.10 bits per heavy atom. The van der Waals surface area contributed by atoms with Crippen molar-refractivity contribution >= 4 is 11.9 Å². The van der Waals surface area contributed by atoms with Gasteiger partial charge in [0.25, 0.3) is 0 Å². The number of carbonyl (C=O) groups excluding carboxylic acids is 1. The minimum absolute atomic E-state index is 0.127. The molecule has 0 amide bonds. The van der Waals surface area contributed by atoms with Crippen LogP contribution in [0.15, 0.2) is 42.5 Å². The third-order valence-corrected chi connectivity index (χ3v) is 4.12. The highest BCUT2D eigenvalue weighted by molar-refractivity contribution is 6.07. The van der Waals surface area contributed by atoms with Gasteiger partial charge in [0.2, 0.25) is 0 Å². The minimum Gasteiger partial charge on any atom is -0.508 e. The Hall–Kier alpha value is -2.75. The number of phenolic OH excluding ortho intramolecular Hbond substituents is 1. The van der Waals surface area contributed by atoms with E-state index >= 15 is 0 Å². The van der Waals surface area contributed by atoms with Gasteiger partial charge in [0, 0.05) is 17.2 Å². The molecule has 0 aliphatic rings. The predicted octanol–water partition coefficient (Wildman–Crippen LogP) is 6.60. The topological polar surface area (TPSA) is 55.8 Å². The van der Waals surface area contributed by atoms with Gasteiger partial charge in [0.15, 0.2) is 5.78 Å². The van der Waals surface area contributed by atoms with E-state index in [2.05, 4.69) is 6.92 Å². The number of ether oxygens (including phenoxy) is 2. The molecule has 0 heterocycles. The van der Waals surface area contributed by atoms with E-state index in [0.717, 1.165) is 29.7 Å². The molecule has 4 heteroatoms. The number of rotatable bonds is 7. The zero-order valence-electron chi connectivity index (χ0n) is 19.2. The molecular formula is C26H34O4. The van der Waals surface area contributed by atoms with E-state index in [0.29, 0.717) is 11.3 Å². The second-order valence-electron chi connectivity index (χ2n) is 9.41. The van der Waals surface area contributed by atoms with Crippen LogP contribution in [0.25, 0.3) is 6.08 Å². The average molecular weight is 411 g/mol. The number of phenols is 1. The van der Waals surface area contributed by atoms with Crippen molar-refractivity contribution in [2.75, 3.05) is 0 Å². The molecule has 0 radical (unpaired) electrons. The standard InChI is InChI=1S/C26H34O4/c1-8-9-22-19(12-15-23(28)18-10-13-20(27)14-11-18)16-21(29-25(2,3)4)17-24(22)30-26(5,6)7/h10-17,27H,8-9H2,1-7H3. The molecule has 0 bridgehead atoms.